The van der Waals surface area contributed by atoms with Crippen molar-refractivity contribution in [2.24, 2.45) is 0 Å². The minimum absolute atomic E-state index is 0.335. The van der Waals surface area contributed by atoms with Crippen molar-refractivity contribution in [2.45, 2.75) is 0 Å². The molecule has 81 valence electrons. The van der Waals surface area contributed by atoms with Gasteiger partial charge >= 0.3 is 0 Å². The molecule has 0 spiro atoms. The molecule has 0 saturated carbocycles. The molecule has 0 fully saturated rings. The van der Waals surface area contributed by atoms with Crippen molar-refractivity contribution < 1.29 is 9.46 Å². The number of benzene rings is 2. The van der Waals surface area contributed by atoms with Crippen molar-refractivity contribution >= 4 is 33.9 Å². The lowest BCUT2D eigenvalue weighted by Crippen LogP contribution is -2.13. The second-order valence-corrected chi connectivity index (χ2v) is 6.41. The van der Waals surface area contributed by atoms with Gasteiger partial charge in [-0.1, -0.05) is 34.1 Å². The summed E-state index contributed by atoms with van der Waals surface area (Å²) in [7, 11) is -3.69. The zero-order valence-corrected chi connectivity index (χ0v) is 10.8. The predicted octanol–water partition coefficient (Wildman–Crippen LogP) is 3.11. The largest absolute Gasteiger partial charge is 0.291 e. The van der Waals surface area contributed by atoms with Crippen LogP contribution in [0.3, 0.4) is 0 Å². The molecule has 2 aromatic carbocycles. The van der Waals surface area contributed by atoms with E-state index in [1.165, 1.54) is 0 Å². The van der Waals surface area contributed by atoms with Crippen LogP contribution in [0.15, 0.2) is 59.1 Å². The Labute approximate surface area is 103 Å². The van der Waals surface area contributed by atoms with Gasteiger partial charge in [0.2, 0.25) is 0 Å². The molecule has 0 heterocycles. The maximum absolute atomic E-state index is 12.2. The van der Waals surface area contributed by atoms with Crippen molar-refractivity contribution in [2.75, 3.05) is 0 Å². The van der Waals surface area contributed by atoms with Crippen LogP contribution in [0.5, 0.6) is 0 Å². The maximum atomic E-state index is 12.2. The Balaban J connectivity index is 2.47. The molecule has 0 bridgehead atoms. The second-order valence-electron chi connectivity index (χ2n) is 3.36. The topological polar surface area (TPSA) is 37.0 Å². The van der Waals surface area contributed by atoms with E-state index in [2.05, 4.69) is 15.9 Å². The molecule has 0 N–H and O–H groups in total. The fourth-order valence-corrected chi connectivity index (χ4v) is 3.08. The van der Waals surface area contributed by atoms with Crippen LogP contribution in [0, 0.1) is 0 Å². The van der Waals surface area contributed by atoms with E-state index in [0.717, 1.165) is 4.47 Å². The summed E-state index contributed by atoms with van der Waals surface area (Å²) in [6.07, 6.45) is 0. The smallest absolute Gasteiger partial charge is 0.280 e. The average molecular weight is 296 g/mol. The molecule has 0 saturated heterocycles. The van der Waals surface area contributed by atoms with Crippen molar-refractivity contribution in [1.29, 1.82) is 0 Å². The van der Waals surface area contributed by atoms with Crippen LogP contribution >= 0.6 is 23.3 Å². The molecule has 2 nitrogen and oxygen atoms in total. The summed E-state index contributed by atoms with van der Waals surface area (Å²) in [5.74, 6) is 0. The van der Waals surface area contributed by atoms with Gasteiger partial charge in [-0.3, -0.25) is 4.57 Å². The van der Waals surface area contributed by atoms with E-state index in [1.54, 1.807) is 54.6 Å². The summed E-state index contributed by atoms with van der Waals surface area (Å²) in [6, 6.07) is 15.1. The quantitative estimate of drug-likeness (QED) is 0.784. The van der Waals surface area contributed by atoms with Crippen LogP contribution in [0.1, 0.15) is 0 Å². The van der Waals surface area contributed by atoms with Crippen LogP contribution in [0.2, 0.25) is 0 Å². The van der Waals surface area contributed by atoms with E-state index in [4.69, 9.17) is 0 Å². The van der Waals surface area contributed by atoms with E-state index >= 15 is 0 Å². The third-order valence-corrected chi connectivity index (χ3v) is 4.75. The Morgan fingerprint density at radius 1 is 0.812 bits per heavy atom. The van der Waals surface area contributed by atoms with Crippen LogP contribution < -0.4 is 10.6 Å². The van der Waals surface area contributed by atoms with Gasteiger partial charge in [0.05, 0.1) is 0 Å². The Hall–Kier alpha value is -0.890. The molecule has 0 aliphatic heterocycles. The Bertz CT molecular complexity index is 522. The molecule has 1 radical (unpaired) electrons. The Morgan fingerprint density at radius 3 is 1.88 bits per heavy atom. The highest BCUT2D eigenvalue weighted by Crippen LogP contribution is 2.39. The van der Waals surface area contributed by atoms with Gasteiger partial charge in [0.15, 0.2) is 0 Å². The van der Waals surface area contributed by atoms with Crippen molar-refractivity contribution in [3.63, 3.8) is 0 Å². The van der Waals surface area contributed by atoms with Crippen molar-refractivity contribution in [3.05, 3.63) is 59.1 Å². The zero-order valence-electron chi connectivity index (χ0n) is 8.34. The lowest BCUT2D eigenvalue weighted by atomic mass is 10.4. The highest BCUT2D eigenvalue weighted by molar-refractivity contribution is 9.10. The highest BCUT2D eigenvalue weighted by Gasteiger charge is 2.25. The molecule has 0 aliphatic rings. The summed E-state index contributed by atoms with van der Waals surface area (Å²) in [6.45, 7) is 0. The van der Waals surface area contributed by atoms with Gasteiger partial charge in [-0.05, 0) is 36.4 Å². The van der Waals surface area contributed by atoms with E-state index in [0.29, 0.717) is 10.6 Å². The zero-order chi connectivity index (χ0) is 11.6. The second kappa shape index (κ2) is 4.54. The Morgan fingerprint density at radius 2 is 1.31 bits per heavy atom. The molecule has 2 rings (SSSR count). The summed E-state index contributed by atoms with van der Waals surface area (Å²) in [5, 5.41) is 0.680. The molecule has 2 aromatic rings. The van der Waals surface area contributed by atoms with E-state index in [1.807, 2.05) is 0 Å². The van der Waals surface area contributed by atoms with Crippen LogP contribution in [-0.4, -0.2) is 0 Å². The molecule has 0 aromatic heterocycles. The number of halogens is 1. The lowest BCUT2D eigenvalue weighted by molar-refractivity contribution is 0.431. The van der Waals surface area contributed by atoms with E-state index in [9.17, 15) is 9.46 Å². The van der Waals surface area contributed by atoms with Gasteiger partial charge in [0.25, 0.3) is 7.37 Å². The summed E-state index contributed by atoms with van der Waals surface area (Å²) in [4.78, 5) is 12.2. The monoisotopic (exact) mass is 295 g/mol. The van der Waals surface area contributed by atoms with Crippen LogP contribution in [0.25, 0.3) is 0 Å². The summed E-state index contributed by atoms with van der Waals surface area (Å²) >= 11 is 3.28. The van der Waals surface area contributed by atoms with Gasteiger partial charge in [-0.25, -0.2) is 0 Å². The van der Waals surface area contributed by atoms with Gasteiger partial charge in [0.1, 0.15) is 0 Å². The standard InChI is InChI=1S/C12H9BrO2P/c13-10-6-8-12(9-7-10)16(14,15)11-4-2-1-3-5-11/h1-9H. The highest BCUT2D eigenvalue weighted by atomic mass is 79.9. The van der Waals surface area contributed by atoms with Gasteiger partial charge < -0.3 is 0 Å². The van der Waals surface area contributed by atoms with E-state index < -0.39 is 7.37 Å². The summed E-state index contributed by atoms with van der Waals surface area (Å²) < 4.78 is 13.0. The molecule has 16 heavy (non-hydrogen) atoms. The average Bonchev–Trinajstić information content (AvgIpc) is 2.31. The fourth-order valence-electron chi connectivity index (χ4n) is 1.41. The first-order valence-electron chi connectivity index (χ1n) is 4.73. The van der Waals surface area contributed by atoms with Gasteiger partial charge in [-0.15, -0.1) is 0 Å². The SMILES string of the molecule is [O]P(=O)(c1ccccc1)c1ccc(Br)cc1. The first-order chi connectivity index (χ1) is 7.60. The van der Waals surface area contributed by atoms with Gasteiger partial charge in [0, 0.05) is 15.1 Å². The number of hydrogen-bond acceptors (Lipinski definition) is 1. The first kappa shape index (κ1) is 11.6. The van der Waals surface area contributed by atoms with Gasteiger partial charge in [-0.2, -0.15) is 4.89 Å². The van der Waals surface area contributed by atoms with Crippen molar-refractivity contribution in [1.82, 2.24) is 0 Å². The fraction of sp³-hybridized carbons (Fsp3) is 0. The molecular formula is C12H9BrO2P. The van der Waals surface area contributed by atoms with E-state index in [-0.39, 0.29) is 0 Å². The molecule has 4 heteroatoms. The summed E-state index contributed by atoms with van der Waals surface area (Å²) in [5.41, 5.74) is 0. The molecule has 1 unspecified atom stereocenters. The Kier molecular flexibility index (Phi) is 3.29. The molecule has 0 aliphatic carbocycles. The predicted molar refractivity (Wildman–Crippen MR) is 68.1 cm³/mol. The molecule has 0 amide bonds. The number of rotatable bonds is 2. The maximum Gasteiger partial charge on any atom is 0.291 e. The minimum Gasteiger partial charge on any atom is -0.280 e. The van der Waals surface area contributed by atoms with Crippen LogP contribution in [0.4, 0.5) is 0 Å². The third kappa shape index (κ3) is 2.27. The first-order valence-corrected chi connectivity index (χ1v) is 7.15. The molecule has 1 atom stereocenters. The minimum atomic E-state index is -3.69. The lowest BCUT2D eigenvalue weighted by Gasteiger charge is -2.09. The molecular weight excluding hydrogens is 287 g/mol. The van der Waals surface area contributed by atoms with Crippen molar-refractivity contribution in [3.8, 4) is 0 Å². The van der Waals surface area contributed by atoms with Crippen LogP contribution in [-0.2, 0) is 9.46 Å². The normalized spacial score (nSPS) is 14.4. The third-order valence-electron chi connectivity index (χ3n) is 2.26. The number of hydrogen-bond donors (Lipinski definition) is 0.